The van der Waals surface area contributed by atoms with E-state index in [1.807, 2.05) is 27.7 Å². The summed E-state index contributed by atoms with van der Waals surface area (Å²) in [5.41, 5.74) is -0.367. The van der Waals surface area contributed by atoms with E-state index in [0.29, 0.717) is 5.78 Å². The van der Waals surface area contributed by atoms with Crippen molar-refractivity contribution in [3.8, 4) is 0 Å². The van der Waals surface area contributed by atoms with Crippen molar-refractivity contribution in [3.05, 3.63) is 0 Å². The normalized spacial score (nSPS) is 16.2. The van der Waals surface area contributed by atoms with Gasteiger partial charge in [0.25, 0.3) is 0 Å². The highest BCUT2D eigenvalue weighted by Gasteiger charge is 2.28. The van der Waals surface area contributed by atoms with Crippen LogP contribution in [0.3, 0.4) is 0 Å². The zero-order valence-electron chi connectivity index (χ0n) is 15.6. The Bertz CT molecular complexity index is 326. The third-order valence-corrected chi connectivity index (χ3v) is 3.74. The minimum atomic E-state index is -0.741. The van der Waals surface area contributed by atoms with Gasteiger partial charge in [0.1, 0.15) is 5.78 Å². The Kier molecular flexibility index (Phi) is 13.2. The molecule has 0 saturated heterocycles. The molecule has 5 nitrogen and oxygen atoms in total. The van der Waals surface area contributed by atoms with Gasteiger partial charge in [-0.05, 0) is 18.8 Å². The number of hydrogen-bond donors (Lipinski definition) is 3. The number of aliphatic hydroxyl groups excluding tert-OH is 2. The first-order valence-corrected chi connectivity index (χ1v) is 8.49. The Morgan fingerprint density at radius 3 is 1.61 bits per heavy atom. The summed E-state index contributed by atoms with van der Waals surface area (Å²) in [5.74, 6) is -0.298. The van der Waals surface area contributed by atoms with Crippen LogP contribution < -0.4 is 0 Å². The van der Waals surface area contributed by atoms with Gasteiger partial charge in [-0.1, -0.05) is 48.0 Å². The number of ketones is 1. The molecule has 1 unspecified atom stereocenters. The molecule has 0 aromatic heterocycles. The Morgan fingerprint density at radius 1 is 1.09 bits per heavy atom. The van der Waals surface area contributed by atoms with Crippen molar-refractivity contribution in [2.75, 3.05) is 6.61 Å². The van der Waals surface area contributed by atoms with Crippen molar-refractivity contribution in [2.24, 2.45) is 17.3 Å². The number of carboxylic acids is 1. The van der Waals surface area contributed by atoms with E-state index in [4.69, 9.17) is 10.2 Å². The van der Waals surface area contributed by atoms with Crippen LogP contribution in [-0.2, 0) is 9.59 Å². The molecule has 3 N–H and O–H groups in total. The molecule has 5 heteroatoms. The third-order valence-electron chi connectivity index (χ3n) is 3.74. The highest BCUT2D eigenvalue weighted by Crippen LogP contribution is 2.24. The van der Waals surface area contributed by atoms with E-state index in [0.717, 1.165) is 25.7 Å². The molecule has 0 aromatic rings. The van der Waals surface area contributed by atoms with Crippen molar-refractivity contribution < 1.29 is 24.9 Å². The van der Waals surface area contributed by atoms with Crippen molar-refractivity contribution in [1.82, 2.24) is 0 Å². The molecule has 1 rings (SSSR count). The first kappa shape index (κ1) is 24.3. The molecule has 1 aliphatic rings. The molecule has 138 valence electrons. The zero-order chi connectivity index (χ0) is 18.6. The second-order valence-corrected chi connectivity index (χ2v) is 7.43. The van der Waals surface area contributed by atoms with E-state index in [9.17, 15) is 14.7 Å². The topological polar surface area (TPSA) is 94.8 Å². The standard InChI is InChI=1S/C8H18O2.C6H10O.C4H8O2/c1-6(2)7(10)8(3,4)5-9;7-6-4-2-1-3-5-6;1-3(2)4(5)6/h6-7,9-10H,5H2,1-4H3;1-5H2;3H,1-2H3,(H,5,6). The zero-order valence-corrected chi connectivity index (χ0v) is 15.6. The average Bonchev–Trinajstić information content (AvgIpc) is 2.48. The molecule has 0 bridgehead atoms. The first-order valence-electron chi connectivity index (χ1n) is 8.49. The summed E-state index contributed by atoms with van der Waals surface area (Å²) >= 11 is 0. The van der Waals surface area contributed by atoms with Gasteiger partial charge in [-0.2, -0.15) is 0 Å². The third kappa shape index (κ3) is 13.2. The Hall–Kier alpha value is -0.940. The number of aliphatic carboxylic acids is 1. The van der Waals surface area contributed by atoms with Crippen LogP contribution in [0.1, 0.15) is 73.6 Å². The molecule has 0 spiro atoms. The fraction of sp³-hybridized carbons (Fsp3) is 0.889. The van der Waals surface area contributed by atoms with E-state index in [1.165, 1.54) is 6.42 Å². The Labute approximate surface area is 141 Å². The SMILES string of the molecule is CC(C)C(=O)O.CC(C)C(O)C(C)(C)CO.O=C1CCCCC1. The monoisotopic (exact) mass is 332 g/mol. The van der Waals surface area contributed by atoms with Gasteiger partial charge < -0.3 is 15.3 Å². The number of aliphatic hydroxyl groups is 2. The summed E-state index contributed by atoms with van der Waals surface area (Å²) in [7, 11) is 0. The maximum Gasteiger partial charge on any atom is 0.305 e. The van der Waals surface area contributed by atoms with Crippen LogP contribution in [0.25, 0.3) is 0 Å². The number of rotatable bonds is 4. The maximum absolute atomic E-state index is 10.5. The minimum absolute atomic E-state index is 0.0341. The molecule has 0 heterocycles. The molecule has 1 saturated carbocycles. The lowest BCUT2D eigenvalue weighted by atomic mass is 9.82. The van der Waals surface area contributed by atoms with Gasteiger partial charge in [-0.3, -0.25) is 9.59 Å². The largest absolute Gasteiger partial charge is 0.481 e. The lowest BCUT2D eigenvalue weighted by molar-refractivity contribution is -0.140. The number of hydrogen-bond acceptors (Lipinski definition) is 4. The van der Waals surface area contributed by atoms with Crippen molar-refractivity contribution in [1.29, 1.82) is 0 Å². The minimum Gasteiger partial charge on any atom is -0.481 e. The molecular formula is C18H36O5. The lowest BCUT2D eigenvalue weighted by Gasteiger charge is -2.30. The van der Waals surface area contributed by atoms with Crippen LogP contribution in [0.5, 0.6) is 0 Å². The molecule has 1 atom stereocenters. The Morgan fingerprint density at radius 2 is 1.48 bits per heavy atom. The molecular weight excluding hydrogens is 296 g/mol. The van der Waals surface area contributed by atoms with Gasteiger partial charge >= 0.3 is 5.97 Å². The van der Waals surface area contributed by atoms with Crippen LogP contribution in [-0.4, -0.2) is 39.8 Å². The number of carbonyl (C=O) groups excluding carboxylic acids is 1. The van der Waals surface area contributed by atoms with E-state index < -0.39 is 12.1 Å². The van der Waals surface area contributed by atoms with E-state index in [1.54, 1.807) is 13.8 Å². The molecule has 0 aromatic carbocycles. The van der Waals surface area contributed by atoms with Gasteiger partial charge in [0, 0.05) is 18.3 Å². The number of carboxylic acid groups (broad SMARTS) is 1. The van der Waals surface area contributed by atoms with Crippen LogP contribution in [0, 0.1) is 17.3 Å². The first-order chi connectivity index (χ1) is 10.5. The fourth-order valence-corrected chi connectivity index (χ4v) is 1.94. The van der Waals surface area contributed by atoms with E-state index in [-0.39, 0.29) is 23.9 Å². The lowest BCUT2D eigenvalue weighted by Crippen LogP contribution is -2.36. The highest BCUT2D eigenvalue weighted by atomic mass is 16.4. The summed E-state index contributed by atoms with van der Waals surface area (Å²) in [6.45, 7) is 10.9. The number of carbonyl (C=O) groups is 2. The van der Waals surface area contributed by atoms with Crippen LogP contribution in [0.15, 0.2) is 0 Å². The summed E-state index contributed by atoms with van der Waals surface area (Å²) in [6, 6.07) is 0. The molecule has 1 aliphatic carbocycles. The van der Waals surface area contributed by atoms with E-state index >= 15 is 0 Å². The van der Waals surface area contributed by atoms with Crippen molar-refractivity contribution in [3.63, 3.8) is 0 Å². The smallest absolute Gasteiger partial charge is 0.305 e. The van der Waals surface area contributed by atoms with Crippen molar-refractivity contribution in [2.45, 2.75) is 79.8 Å². The van der Waals surface area contributed by atoms with E-state index in [2.05, 4.69) is 0 Å². The summed E-state index contributed by atoms with van der Waals surface area (Å²) in [5, 5.41) is 26.3. The second kappa shape index (κ2) is 12.5. The summed E-state index contributed by atoms with van der Waals surface area (Å²) in [4.78, 5) is 20.2. The number of Topliss-reactive ketones (excluding diaryl/α,β-unsaturated/α-hetero) is 1. The van der Waals surface area contributed by atoms with Gasteiger partial charge in [-0.25, -0.2) is 0 Å². The van der Waals surface area contributed by atoms with Gasteiger partial charge in [0.05, 0.1) is 18.6 Å². The quantitative estimate of drug-likeness (QED) is 0.734. The predicted octanol–water partition coefficient (Wildman–Crippen LogP) is 3.27. The van der Waals surface area contributed by atoms with Crippen molar-refractivity contribution >= 4 is 11.8 Å². The Balaban J connectivity index is 0. The molecule has 0 amide bonds. The molecule has 0 aliphatic heterocycles. The summed E-state index contributed by atoms with van der Waals surface area (Å²) < 4.78 is 0. The molecule has 0 radical (unpaired) electrons. The maximum atomic E-state index is 10.5. The van der Waals surface area contributed by atoms with Gasteiger partial charge in [-0.15, -0.1) is 0 Å². The van der Waals surface area contributed by atoms with Crippen LogP contribution in [0.2, 0.25) is 0 Å². The predicted molar refractivity (Wildman–Crippen MR) is 92.3 cm³/mol. The fourth-order valence-electron chi connectivity index (χ4n) is 1.94. The van der Waals surface area contributed by atoms with Gasteiger partial charge in [0.15, 0.2) is 0 Å². The molecule has 1 fully saturated rings. The highest BCUT2D eigenvalue weighted by molar-refractivity contribution is 5.78. The second-order valence-electron chi connectivity index (χ2n) is 7.43. The average molecular weight is 332 g/mol. The van der Waals surface area contributed by atoms with Crippen LogP contribution >= 0.6 is 0 Å². The summed E-state index contributed by atoms with van der Waals surface area (Å²) in [6.07, 6.45) is 4.82. The van der Waals surface area contributed by atoms with Crippen LogP contribution in [0.4, 0.5) is 0 Å². The van der Waals surface area contributed by atoms with Gasteiger partial charge in [0.2, 0.25) is 0 Å². The molecule has 23 heavy (non-hydrogen) atoms.